The van der Waals surface area contributed by atoms with E-state index in [0.717, 1.165) is 51.4 Å². The quantitative estimate of drug-likeness (QED) is 0.0215. The number of ether oxygens (including phenoxy) is 2. The molecule has 1 N–H and O–H groups in total. The number of hydrogen-bond acceptors (Lipinski definition) is 6. The Hall–Kier alpha value is -2.32. The summed E-state index contributed by atoms with van der Waals surface area (Å²) in [5.74, 6) is -0.398. The molecule has 0 radical (unpaired) electrons. The number of rotatable bonds is 42. The summed E-state index contributed by atoms with van der Waals surface area (Å²) >= 11 is 0. The van der Waals surface area contributed by atoms with E-state index in [4.69, 9.17) is 18.5 Å². The molecule has 0 bridgehead atoms. The molecule has 9 heteroatoms. The van der Waals surface area contributed by atoms with Gasteiger partial charge in [-0.3, -0.25) is 13.8 Å². The van der Waals surface area contributed by atoms with E-state index in [2.05, 4.69) is 86.8 Å². The second kappa shape index (κ2) is 42.4. The van der Waals surface area contributed by atoms with Crippen LogP contribution in [0.2, 0.25) is 0 Å². The second-order valence-corrected chi connectivity index (χ2v) is 17.9. The molecule has 0 aromatic carbocycles. The molecule has 0 aliphatic carbocycles. The van der Waals surface area contributed by atoms with E-state index in [1.807, 2.05) is 33.3 Å². The molecule has 2 unspecified atom stereocenters. The minimum absolute atomic E-state index is 0.0704. The molecular weight excluding hydrogens is 758 g/mol. The number of likely N-dealkylation sites (N-methyl/N-ethyl adjacent to an activating group) is 1. The fourth-order valence-corrected chi connectivity index (χ4v) is 6.61. The first-order valence-electron chi connectivity index (χ1n) is 23.3. The van der Waals surface area contributed by atoms with Crippen LogP contribution in [-0.4, -0.2) is 75.6 Å². The molecule has 59 heavy (non-hydrogen) atoms. The Morgan fingerprint density at radius 2 is 0.983 bits per heavy atom. The van der Waals surface area contributed by atoms with Gasteiger partial charge >= 0.3 is 13.8 Å². The summed E-state index contributed by atoms with van der Waals surface area (Å²) in [4.78, 5) is 22.8. The Kier molecular flexibility index (Phi) is 40.7. The van der Waals surface area contributed by atoms with Crippen molar-refractivity contribution >= 4 is 13.8 Å². The Morgan fingerprint density at radius 1 is 0.542 bits per heavy atom. The standard InChI is InChI=1S/C50H88NO7P/c1-6-8-10-12-14-16-18-20-21-22-23-24-25-26-27-28-29-30-32-34-36-38-40-42-45-55-47-49(48-57-59(53,54)56-46-44-51(3,4)5)58-50(52)43-41-39-37-35-33-31-19-17-15-13-11-9-7-2/h9,11,15,17-18,20,22-23,25-26,31,33,37,39,49H,6-8,10,12-14,16,19,21,24,27-30,32,34-36,38,40-48H2,1-5H3/p+1/b11-9-,17-15-,20-18-,23-22-,26-25-,33-31-,39-37-. The number of hydrogen-bond donors (Lipinski definition) is 1. The average Bonchev–Trinajstić information content (AvgIpc) is 3.19. The molecule has 0 aliphatic heterocycles. The fourth-order valence-electron chi connectivity index (χ4n) is 5.87. The number of quaternary nitrogens is 1. The van der Waals surface area contributed by atoms with Crippen LogP contribution in [0.15, 0.2) is 85.1 Å². The van der Waals surface area contributed by atoms with Gasteiger partial charge in [0.2, 0.25) is 0 Å². The summed E-state index contributed by atoms with van der Waals surface area (Å²) in [5.41, 5.74) is 0. The molecule has 0 aliphatic rings. The predicted molar refractivity (Wildman–Crippen MR) is 251 cm³/mol. The lowest BCUT2D eigenvalue weighted by Gasteiger charge is -2.24. The number of carbonyl (C=O) groups excluding carboxylic acids is 1. The second-order valence-electron chi connectivity index (χ2n) is 16.4. The first kappa shape index (κ1) is 56.7. The molecular formula is C50H89NO7P+. The first-order chi connectivity index (χ1) is 28.6. The van der Waals surface area contributed by atoms with Gasteiger partial charge in [0, 0.05) is 13.0 Å². The van der Waals surface area contributed by atoms with Crippen LogP contribution >= 0.6 is 7.82 Å². The van der Waals surface area contributed by atoms with Crippen molar-refractivity contribution in [2.75, 3.05) is 54.1 Å². The van der Waals surface area contributed by atoms with Gasteiger partial charge in [-0.05, 0) is 77.0 Å². The molecule has 0 heterocycles. The molecule has 0 amide bonds. The van der Waals surface area contributed by atoms with Gasteiger partial charge in [0.1, 0.15) is 19.3 Å². The third-order valence-electron chi connectivity index (χ3n) is 9.45. The molecule has 0 saturated carbocycles. The lowest BCUT2D eigenvalue weighted by molar-refractivity contribution is -0.870. The van der Waals surface area contributed by atoms with Gasteiger partial charge < -0.3 is 18.9 Å². The molecule has 0 saturated heterocycles. The largest absolute Gasteiger partial charge is 0.472 e. The minimum Gasteiger partial charge on any atom is -0.457 e. The van der Waals surface area contributed by atoms with Gasteiger partial charge in [-0.15, -0.1) is 0 Å². The molecule has 0 fully saturated rings. The van der Waals surface area contributed by atoms with Crippen molar-refractivity contribution in [2.45, 2.75) is 174 Å². The van der Waals surface area contributed by atoms with Crippen molar-refractivity contribution in [2.24, 2.45) is 0 Å². The number of phosphoric acid groups is 1. The predicted octanol–water partition coefficient (Wildman–Crippen LogP) is 14.1. The van der Waals surface area contributed by atoms with Crippen LogP contribution < -0.4 is 0 Å². The molecule has 0 rings (SSSR count). The van der Waals surface area contributed by atoms with Crippen molar-refractivity contribution in [1.29, 1.82) is 0 Å². The minimum atomic E-state index is -4.30. The average molecular weight is 847 g/mol. The first-order valence-corrected chi connectivity index (χ1v) is 24.8. The van der Waals surface area contributed by atoms with Gasteiger partial charge in [-0.2, -0.15) is 0 Å². The van der Waals surface area contributed by atoms with Crippen LogP contribution in [0.4, 0.5) is 0 Å². The van der Waals surface area contributed by atoms with E-state index in [0.29, 0.717) is 24.1 Å². The van der Waals surface area contributed by atoms with Gasteiger partial charge in [0.25, 0.3) is 0 Å². The van der Waals surface area contributed by atoms with E-state index in [1.165, 1.54) is 89.9 Å². The Balaban J connectivity index is 4.23. The highest BCUT2D eigenvalue weighted by Crippen LogP contribution is 2.43. The molecule has 0 aromatic heterocycles. The summed E-state index contributed by atoms with van der Waals surface area (Å²) in [6.45, 7) is 5.36. The smallest absolute Gasteiger partial charge is 0.457 e. The highest BCUT2D eigenvalue weighted by molar-refractivity contribution is 7.47. The van der Waals surface area contributed by atoms with E-state index in [1.54, 1.807) is 0 Å². The lowest BCUT2D eigenvalue weighted by Crippen LogP contribution is -2.37. The Morgan fingerprint density at radius 3 is 1.47 bits per heavy atom. The lowest BCUT2D eigenvalue weighted by atomic mass is 10.1. The molecule has 0 spiro atoms. The molecule has 2 atom stereocenters. The summed E-state index contributed by atoms with van der Waals surface area (Å²) < 4.78 is 34.9. The number of nitrogens with zero attached hydrogens (tertiary/aromatic N) is 1. The van der Waals surface area contributed by atoms with Gasteiger partial charge in [-0.25, -0.2) is 4.57 Å². The van der Waals surface area contributed by atoms with Crippen molar-refractivity contribution < 1.29 is 37.3 Å². The van der Waals surface area contributed by atoms with Crippen LogP contribution in [0.5, 0.6) is 0 Å². The van der Waals surface area contributed by atoms with E-state index in [9.17, 15) is 14.3 Å². The zero-order valence-electron chi connectivity index (χ0n) is 38.5. The zero-order valence-corrected chi connectivity index (χ0v) is 39.4. The molecule has 340 valence electrons. The maximum Gasteiger partial charge on any atom is 0.472 e. The number of carbonyl (C=O) groups is 1. The van der Waals surface area contributed by atoms with Crippen molar-refractivity contribution in [3.63, 3.8) is 0 Å². The van der Waals surface area contributed by atoms with Gasteiger partial charge in [-0.1, -0.05) is 170 Å². The third-order valence-corrected chi connectivity index (χ3v) is 10.4. The van der Waals surface area contributed by atoms with Crippen LogP contribution in [0.25, 0.3) is 0 Å². The van der Waals surface area contributed by atoms with Crippen LogP contribution in [-0.2, 0) is 27.9 Å². The monoisotopic (exact) mass is 847 g/mol. The highest BCUT2D eigenvalue weighted by atomic mass is 31.2. The van der Waals surface area contributed by atoms with Crippen LogP contribution in [0, 0.1) is 0 Å². The Bertz CT molecular complexity index is 1210. The maximum absolute atomic E-state index is 12.6. The number of esters is 1. The Labute approximate surface area is 363 Å². The van der Waals surface area contributed by atoms with E-state index in [-0.39, 0.29) is 26.2 Å². The summed E-state index contributed by atoms with van der Waals surface area (Å²) in [7, 11) is 1.61. The number of phosphoric ester groups is 1. The van der Waals surface area contributed by atoms with Crippen LogP contribution in [0.1, 0.15) is 168 Å². The van der Waals surface area contributed by atoms with Crippen molar-refractivity contribution in [1.82, 2.24) is 0 Å². The number of unbranched alkanes of at least 4 members (excludes halogenated alkanes) is 14. The zero-order chi connectivity index (χ0) is 43.4. The van der Waals surface area contributed by atoms with Crippen LogP contribution in [0.3, 0.4) is 0 Å². The normalized spacial score (nSPS) is 14.5. The van der Waals surface area contributed by atoms with Gasteiger partial charge in [0.05, 0.1) is 34.4 Å². The maximum atomic E-state index is 12.6. The topological polar surface area (TPSA) is 91.3 Å². The SMILES string of the molecule is CC/C=C\C/C=C\C/C=C\C/C=C\CCC(=O)OC(COCCCCCCCCCCC/C=C\C/C=C\C/C=C\CCCCCCC)COP(=O)(O)OCC[N+](C)(C)C. The number of allylic oxidation sites excluding steroid dienone is 14. The summed E-state index contributed by atoms with van der Waals surface area (Å²) in [6.07, 6.45) is 56.5. The van der Waals surface area contributed by atoms with Crippen molar-refractivity contribution in [3.8, 4) is 0 Å². The fraction of sp³-hybridized carbons (Fsp3) is 0.700. The highest BCUT2D eigenvalue weighted by Gasteiger charge is 2.26. The molecule has 8 nitrogen and oxygen atoms in total. The summed E-state index contributed by atoms with van der Waals surface area (Å²) in [5, 5.41) is 0. The van der Waals surface area contributed by atoms with Crippen molar-refractivity contribution in [3.05, 3.63) is 85.1 Å². The van der Waals surface area contributed by atoms with Gasteiger partial charge in [0.15, 0.2) is 0 Å². The molecule has 0 aromatic rings. The van der Waals surface area contributed by atoms with E-state index >= 15 is 0 Å². The van der Waals surface area contributed by atoms with E-state index < -0.39 is 19.9 Å². The summed E-state index contributed by atoms with van der Waals surface area (Å²) in [6, 6.07) is 0. The third kappa shape index (κ3) is 46.6.